The van der Waals surface area contributed by atoms with Crippen LogP contribution in [0.4, 0.5) is 0 Å². The highest BCUT2D eigenvalue weighted by Crippen LogP contribution is 2.04. The third kappa shape index (κ3) is 4.24. The molecule has 0 aromatic heterocycles. The van der Waals surface area contributed by atoms with Gasteiger partial charge in [-0.2, -0.15) is 0 Å². The molecular formula is C12H15NO4. The van der Waals surface area contributed by atoms with Crippen molar-refractivity contribution in [2.24, 2.45) is 0 Å². The number of carboxylic acid groups (broad SMARTS) is 2. The molecule has 1 aromatic rings. The fourth-order valence-electron chi connectivity index (χ4n) is 1.44. The van der Waals surface area contributed by atoms with Crippen molar-refractivity contribution in [3.8, 4) is 0 Å². The van der Waals surface area contributed by atoms with Gasteiger partial charge in [0.05, 0.1) is 0 Å². The van der Waals surface area contributed by atoms with Gasteiger partial charge < -0.3 is 10.2 Å². The summed E-state index contributed by atoms with van der Waals surface area (Å²) in [5.41, 5.74) is 0.852. The smallest absolute Gasteiger partial charge is 0.321 e. The largest absolute Gasteiger partial charge is 0.480 e. The Hall–Kier alpha value is -1.88. The molecule has 0 amide bonds. The molecule has 17 heavy (non-hydrogen) atoms. The Labute approximate surface area is 99.1 Å². The maximum absolute atomic E-state index is 11.0. The summed E-state index contributed by atoms with van der Waals surface area (Å²) >= 11 is 0. The lowest BCUT2D eigenvalue weighted by molar-refractivity contribution is -0.142. The molecule has 3 N–H and O–H groups in total. The molecule has 92 valence electrons. The number of benzene rings is 1. The lowest BCUT2D eigenvalue weighted by atomic mass is 10.1. The Balaban J connectivity index is 2.67. The zero-order chi connectivity index (χ0) is 12.8. The van der Waals surface area contributed by atoms with Crippen LogP contribution in [0.15, 0.2) is 30.3 Å². The standard InChI is InChI=1S/C12H15NO4/c1-8(11(14)15)13-10(12(16)17)7-9-5-3-2-4-6-9/h2-6,8,10,13H,7H2,1H3,(H,14,15)(H,16,17)/t8-,10?/m0/s1. The van der Waals surface area contributed by atoms with E-state index in [1.807, 2.05) is 30.3 Å². The third-order valence-electron chi connectivity index (χ3n) is 2.40. The number of hydrogen-bond acceptors (Lipinski definition) is 3. The lowest BCUT2D eigenvalue weighted by Crippen LogP contribution is -2.46. The first-order valence-corrected chi connectivity index (χ1v) is 5.26. The van der Waals surface area contributed by atoms with Crippen molar-refractivity contribution < 1.29 is 19.8 Å². The molecule has 0 aliphatic carbocycles. The van der Waals surface area contributed by atoms with Gasteiger partial charge in [-0.05, 0) is 18.9 Å². The SMILES string of the molecule is C[C@H](NC(Cc1ccccc1)C(=O)O)C(=O)O. The predicted octanol–water partition coefficient (Wildman–Crippen LogP) is 0.745. The summed E-state index contributed by atoms with van der Waals surface area (Å²) in [5, 5.41) is 20.3. The summed E-state index contributed by atoms with van der Waals surface area (Å²) in [6.45, 7) is 1.42. The van der Waals surface area contributed by atoms with Crippen LogP contribution in [0.3, 0.4) is 0 Å². The molecule has 0 bridgehead atoms. The van der Waals surface area contributed by atoms with Crippen LogP contribution in [0.25, 0.3) is 0 Å². The van der Waals surface area contributed by atoms with Crippen LogP contribution in [-0.4, -0.2) is 34.2 Å². The van der Waals surface area contributed by atoms with E-state index in [1.165, 1.54) is 6.92 Å². The zero-order valence-electron chi connectivity index (χ0n) is 9.46. The highest BCUT2D eigenvalue weighted by atomic mass is 16.4. The van der Waals surface area contributed by atoms with Gasteiger partial charge in [0.2, 0.25) is 0 Å². The zero-order valence-corrected chi connectivity index (χ0v) is 9.46. The number of carboxylic acids is 2. The monoisotopic (exact) mass is 237 g/mol. The fourth-order valence-corrected chi connectivity index (χ4v) is 1.44. The van der Waals surface area contributed by atoms with E-state index in [2.05, 4.69) is 5.32 Å². The van der Waals surface area contributed by atoms with E-state index in [0.717, 1.165) is 5.56 Å². The van der Waals surface area contributed by atoms with Crippen molar-refractivity contribution in [2.75, 3.05) is 0 Å². The Morgan fingerprint density at radius 1 is 1.18 bits per heavy atom. The van der Waals surface area contributed by atoms with Crippen LogP contribution < -0.4 is 5.32 Å². The molecule has 2 atom stereocenters. The molecule has 0 aliphatic heterocycles. The molecule has 1 aromatic carbocycles. The Morgan fingerprint density at radius 2 is 1.76 bits per heavy atom. The molecule has 0 heterocycles. The van der Waals surface area contributed by atoms with Gasteiger partial charge in [0.1, 0.15) is 12.1 Å². The first-order valence-electron chi connectivity index (χ1n) is 5.26. The van der Waals surface area contributed by atoms with Gasteiger partial charge in [0, 0.05) is 0 Å². The summed E-state index contributed by atoms with van der Waals surface area (Å²) in [7, 11) is 0. The molecular weight excluding hydrogens is 222 g/mol. The van der Waals surface area contributed by atoms with Crippen LogP contribution in [-0.2, 0) is 16.0 Å². The second-order valence-electron chi connectivity index (χ2n) is 3.81. The van der Waals surface area contributed by atoms with Crippen molar-refractivity contribution >= 4 is 11.9 Å². The fraction of sp³-hybridized carbons (Fsp3) is 0.333. The minimum Gasteiger partial charge on any atom is -0.480 e. The second-order valence-corrected chi connectivity index (χ2v) is 3.81. The second kappa shape index (κ2) is 6.00. The number of aliphatic carboxylic acids is 2. The minimum absolute atomic E-state index is 0.258. The van der Waals surface area contributed by atoms with Crippen molar-refractivity contribution in [3.05, 3.63) is 35.9 Å². The van der Waals surface area contributed by atoms with Crippen LogP contribution in [0, 0.1) is 0 Å². The van der Waals surface area contributed by atoms with Gasteiger partial charge in [0.15, 0.2) is 0 Å². The molecule has 0 aliphatic rings. The highest BCUT2D eigenvalue weighted by molar-refractivity contribution is 5.77. The van der Waals surface area contributed by atoms with Crippen molar-refractivity contribution in [3.63, 3.8) is 0 Å². The third-order valence-corrected chi connectivity index (χ3v) is 2.40. The maximum atomic E-state index is 11.0. The lowest BCUT2D eigenvalue weighted by Gasteiger charge is -2.17. The van der Waals surface area contributed by atoms with Gasteiger partial charge in [-0.25, -0.2) is 0 Å². The average Bonchev–Trinajstić information content (AvgIpc) is 2.29. The normalized spacial score (nSPS) is 13.9. The van der Waals surface area contributed by atoms with Crippen molar-refractivity contribution in [1.82, 2.24) is 5.32 Å². The molecule has 0 spiro atoms. The predicted molar refractivity (Wildman–Crippen MR) is 61.8 cm³/mol. The van der Waals surface area contributed by atoms with Gasteiger partial charge in [-0.15, -0.1) is 0 Å². The van der Waals surface area contributed by atoms with E-state index in [4.69, 9.17) is 10.2 Å². The highest BCUT2D eigenvalue weighted by Gasteiger charge is 2.22. The first-order chi connectivity index (χ1) is 8.00. The number of rotatable bonds is 6. The molecule has 0 fully saturated rings. The topological polar surface area (TPSA) is 86.6 Å². The summed E-state index contributed by atoms with van der Waals surface area (Å²) in [4.78, 5) is 21.7. The maximum Gasteiger partial charge on any atom is 0.321 e. The van der Waals surface area contributed by atoms with Crippen LogP contribution in [0.1, 0.15) is 12.5 Å². The summed E-state index contributed by atoms with van der Waals surface area (Å²) in [5.74, 6) is -2.12. The number of carbonyl (C=O) groups is 2. The van der Waals surface area contributed by atoms with Gasteiger partial charge >= 0.3 is 11.9 Å². The molecule has 1 unspecified atom stereocenters. The average molecular weight is 237 g/mol. The first kappa shape index (κ1) is 13.2. The van der Waals surface area contributed by atoms with E-state index in [9.17, 15) is 9.59 Å². The van der Waals surface area contributed by atoms with Gasteiger partial charge in [0.25, 0.3) is 0 Å². The number of hydrogen-bond donors (Lipinski definition) is 3. The van der Waals surface area contributed by atoms with E-state index in [-0.39, 0.29) is 6.42 Å². The van der Waals surface area contributed by atoms with Gasteiger partial charge in [-0.3, -0.25) is 14.9 Å². The van der Waals surface area contributed by atoms with Gasteiger partial charge in [-0.1, -0.05) is 30.3 Å². The Morgan fingerprint density at radius 3 is 2.24 bits per heavy atom. The van der Waals surface area contributed by atoms with Crippen LogP contribution in [0.2, 0.25) is 0 Å². The van der Waals surface area contributed by atoms with Crippen molar-refractivity contribution in [1.29, 1.82) is 0 Å². The minimum atomic E-state index is -1.07. The summed E-state index contributed by atoms with van der Waals surface area (Å²) in [6.07, 6.45) is 0.258. The van der Waals surface area contributed by atoms with E-state index < -0.39 is 24.0 Å². The van der Waals surface area contributed by atoms with Crippen LogP contribution in [0.5, 0.6) is 0 Å². The quantitative estimate of drug-likeness (QED) is 0.679. The molecule has 0 saturated heterocycles. The molecule has 0 saturated carbocycles. The Bertz CT molecular complexity index is 391. The molecule has 0 radical (unpaired) electrons. The van der Waals surface area contributed by atoms with Crippen molar-refractivity contribution in [2.45, 2.75) is 25.4 Å². The molecule has 5 nitrogen and oxygen atoms in total. The van der Waals surface area contributed by atoms with E-state index >= 15 is 0 Å². The van der Waals surface area contributed by atoms with E-state index in [1.54, 1.807) is 0 Å². The van der Waals surface area contributed by atoms with Crippen LogP contribution >= 0.6 is 0 Å². The summed E-state index contributed by atoms with van der Waals surface area (Å²) in [6, 6.07) is 7.30. The molecule has 5 heteroatoms. The summed E-state index contributed by atoms with van der Waals surface area (Å²) < 4.78 is 0. The Kier molecular flexibility index (Phi) is 4.66. The molecule has 1 rings (SSSR count). The van der Waals surface area contributed by atoms with E-state index in [0.29, 0.717) is 0 Å². The number of nitrogens with one attached hydrogen (secondary N) is 1.